The highest BCUT2D eigenvalue weighted by Crippen LogP contribution is 2.29. The zero-order valence-electron chi connectivity index (χ0n) is 14.1. The first-order valence-electron chi connectivity index (χ1n) is 8.65. The van der Waals surface area contributed by atoms with Crippen LogP contribution in [-0.2, 0) is 16.0 Å². The third-order valence-electron chi connectivity index (χ3n) is 5.00. The van der Waals surface area contributed by atoms with Gasteiger partial charge in [-0.2, -0.15) is 0 Å². The molecule has 0 radical (unpaired) electrons. The van der Waals surface area contributed by atoms with Gasteiger partial charge in [0.25, 0.3) is 0 Å². The first-order valence-corrected chi connectivity index (χ1v) is 9.05. The summed E-state index contributed by atoms with van der Waals surface area (Å²) in [5.41, 5.74) is 1.20. The fraction of sp³-hybridized carbons (Fsp3) is 0.550. The molecule has 2 rings (SSSR count). The zero-order valence-corrected chi connectivity index (χ0v) is 14.9. The highest BCUT2D eigenvalue weighted by molar-refractivity contribution is 7.80. The summed E-state index contributed by atoms with van der Waals surface area (Å²) in [4.78, 5) is 25.9. The fourth-order valence-corrected chi connectivity index (χ4v) is 3.86. The molecular weight excluding hydrogens is 304 g/mol. The maximum absolute atomic E-state index is 12.5. The lowest BCUT2D eigenvalue weighted by Crippen LogP contribution is -2.29. The molecule has 0 saturated heterocycles. The summed E-state index contributed by atoms with van der Waals surface area (Å²) < 4.78 is 0. The van der Waals surface area contributed by atoms with E-state index in [0.29, 0.717) is 0 Å². The van der Waals surface area contributed by atoms with Crippen molar-refractivity contribution in [2.24, 2.45) is 17.8 Å². The van der Waals surface area contributed by atoms with Crippen LogP contribution in [0.3, 0.4) is 0 Å². The van der Waals surface area contributed by atoms with E-state index in [1.807, 2.05) is 25.1 Å². The van der Waals surface area contributed by atoms with E-state index in [4.69, 9.17) is 12.2 Å². The van der Waals surface area contributed by atoms with Crippen LogP contribution in [-0.4, -0.2) is 16.4 Å². The maximum Gasteiger partial charge on any atom is 0.143 e. The summed E-state index contributed by atoms with van der Waals surface area (Å²) in [5, 5.41) is 0. The second kappa shape index (κ2) is 8.49. The van der Waals surface area contributed by atoms with Gasteiger partial charge < -0.3 is 0 Å². The van der Waals surface area contributed by atoms with E-state index in [9.17, 15) is 9.59 Å². The molecular formula is C20H26O2S. The van der Waals surface area contributed by atoms with Gasteiger partial charge in [0.05, 0.1) is 6.42 Å². The van der Waals surface area contributed by atoms with E-state index in [1.54, 1.807) is 0 Å². The van der Waals surface area contributed by atoms with Gasteiger partial charge in [-0.25, -0.2) is 0 Å². The minimum absolute atomic E-state index is 0.00424. The van der Waals surface area contributed by atoms with Crippen molar-refractivity contribution in [2.45, 2.75) is 52.4 Å². The van der Waals surface area contributed by atoms with Crippen LogP contribution in [0.5, 0.6) is 0 Å². The molecule has 0 aliphatic heterocycles. The lowest BCUT2D eigenvalue weighted by atomic mass is 9.81. The van der Waals surface area contributed by atoms with Gasteiger partial charge in [-0.3, -0.25) is 9.59 Å². The number of carbonyl (C=O) groups is 2. The second-order valence-electron chi connectivity index (χ2n) is 6.68. The van der Waals surface area contributed by atoms with Crippen LogP contribution in [0.4, 0.5) is 0 Å². The molecule has 3 unspecified atom stereocenters. The van der Waals surface area contributed by atoms with E-state index in [2.05, 4.69) is 19.1 Å². The number of benzene rings is 1. The van der Waals surface area contributed by atoms with Gasteiger partial charge in [-0.1, -0.05) is 62.8 Å². The molecule has 3 atom stereocenters. The number of rotatable bonds is 4. The lowest BCUT2D eigenvalue weighted by molar-refractivity contribution is -0.131. The molecule has 0 heterocycles. The van der Waals surface area contributed by atoms with Crippen LogP contribution in [0, 0.1) is 17.8 Å². The van der Waals surface area contributed by atoms with Crippen molar-refractivity contribution >= 4 is 28.6 Å². The normalized spacial score (nSPS) is 26.5. The van der Waals surface area contributed by atoms with Crippen molar-refractivity contribution in [1.82, 2.24) is 0 Å². The first-order chi connectivity index (χ1) is 11.0. The predicted molar refractivity (Wildman–Crippen MR) is 97.7 cm³/mol. The Balaban J connectivity index is 2.20. The monoisotopic (exact) mass is 330 g/mol. The second-order valence-corrected chi connectivity index (χ2v) is 7.21. The highest BCUT2D eigenvalue weighted by Gasteiger charge is 2.32. The zero-order chi connectivity index (χ0) is 16.8. The Hall–Kier alpha value is -1.35. The molecule has 0 aromatic heterocycles. The van der Waals surface area contributed by atoms with Crippen LogP contribution in [0.25, 0.3) is 0 Å². The quantitative estimate of drug-likeness (QED) is 0.598. The number of Topliss-reactive ketones (excluding diaryl/α,β-unsaturated/α-hetero) is 2. The fourth-order valence-electron chi connectivity index (χ4n) is 3.46. The summed E-state index contributed by atoms with van der Waals surface area (Å²) in [7, 11) is 0. The number of carbonyl (C=O) groups excluding carboxylic acids is 2. The summed E-state index contributed by atoms with van der Waals surface area (Å²) >= 11 is 5.68. The first kappa shape index (κ1) is 18.0. The summed E-state index contributed by atoms with van der Waals surface area (Å²) in [6, 6.07) is 10.2. The van der Waals surface area contributed by atoms with Crippen molar-refractivity contribution in [3.63, 3.8) is 0 Å². The molecule has 0 spiro atoms. The molecule has 0 N–H and O–H groups in total. The van der Waals surface area contributed by atoms with Crippen LogP contribution >= 0.6 is 12.2 Å². The van der Waals surface area contributed by atoms with E-state index >= 15 is 0 Å². The summed E-state index contributed by atoms with van der Waals surface area (Å²) in [5.74, 6) is 0.0674. The average molecular weight is 330 g/mol. The van der Waals surface area contributed by atoms with Crippen LogP contribution < -0.4 is 0 Å². The summed E-state index contributed by atoms with van der Waals surface area (Å²) in [6.45, 7) is 4.02. The van der Waals surface area contributed by atoms with Crippen molar-refractivity contribution in [3.05, 3.63) is 35.9 Å². The highest BCUT2D eigenvalue weighted by atomic mass is 32.1. The smallest absolute Gasteiger partial charge is 0.143 e. The third kappa shape index (κ3) is 4.81. The SMILES string of the molecule is CCCC1CCC(=S)C(Cc2ccccc2)C(C)C(=O)CC1=O. The minimum atomic E-state index is -0.174. The number of ketones is 2. The Bertz CT molecular complexity index is 564. The molecule has 0 bridgehead atoms. The molecule has 3 heteroatoms. The van der Waals surface area contributed by atoms with Crippen LogP contribution in [0.2, 0.25) is 0 Å². The molecule has 2 nitrogen and oxygen atoms in total. The van der Waals surface area contributed by atoms with E-state index in [1.165, 1.54) is 5.56 Å². The summed E-state index contributed by atoms with van der Waals surface area (Å²) in [6.07, 6.45) is 4.30. The number of hydrogen-bond donors (Lipinski definition) is 0. The Labute approximate surface area is 144 Å². The predicted octanol–water partition coefficient (Wildman–Crippen LogP) is 4.59. The Morgan fingerprint density at radius 2 is 1.83 bits per heavy atom. The van der Waals surface area contributed by atoms with Gasteiger partial charge in [0, 0.05) is 17.8 Å². The van der Waals surface area contributed by atoms with Gasteiger partial charge in [0.1, 0.15) is 11.6 Å². The van der Waals surface area contributed by atoms with Crippen molar-refractivity contribution < 1.29 is 9.59 Å². The van der Waals surface area contributed by atoms with Gasteiger partial charge in [-0.05, 0) is 36.1 Å². The van der Waals surface area contributed by atoms with Gasteiger partial charge in [0.15, 0.2) is 0 Å². The molecule has 23 heavy (non-hydrogen) atoms. The molecule has 1 aromatic rings. The molecule has 1 fully saturated rings. The number of hydrogen-bond acceptors (Lipinski definition) is 3. The topological polar surface area (TPSA) is 34.1 Å². The molecule has 124 valence electrons. The van der Waals surface area contributed by atoms with Gasteiger partial charge in [0.2, 0.25) is 0 Å². The van der Waals surface area contributed by atoms with E-state index in [0.717, 1.165) is 37.0 Å². The minimum Gasteiger partial charge on any atom is -0.299 e. The van der Waals surface area contributed by atoms with Crippen molar-refractivity contribution in [2.75, 3.05) is 0 Å². The van der Waals surface area contributed by atoms with Crippen LogP contribution in [0.15, 0.2) is 30.3 Å². The molecule has 1 aliphatic carbocycles. The van der Waals surface area contributed by atoms with E-state index < -0.39 is 0 Å². The lowest BCUT2D eigenvalue weighted by Gasteiger charge is -2.23. The Morgan fingerprint density at radius 1 is 1.13 bits per heavy atom. The Morgan fingerprint density at radius 3 is 2.48 bits per heavy atom. The number of thiocarbonyl (C=S) groups is 1. The third-order valence-corrected chi connectivity index (χ3v) is 5.51. The van der Waals surface area contributed by atoms with Gasteiger partial charge in [-0.15, -0.1) is 0 Å². The van der Waals surface area contributed by atoms with Crippen molar-refractivity contribution in [3.8, 4) is 0 Å². The van der Waals surface area contributed by atoms with Crippen LogP contribution in [0.1, 0.15) is 51.5 Å². The van der Waals surface area contributed by atoms with Crippen molar-refractivity contribution in [1.29, 1.82) is 0 Å². The molecule has 1 saturated carbocycles. The molecule has 0 amide bonds. The van der Waals surface area contributed by atoms with Gasteiger partial charge >= 0.3 is 0 Å². The molecule has 1 aromatic carbocycles. The standard InChI is InChI=1S/C20H26O2S/c1-3-7-16-10-11-20(23)17(12-15-8-5-4-6-9-15)14(2)18(21)13-19(16)22/h4-6,8-9,14,16-17H,3,7,10-13H2,1-2H3. The maximum atomic E-state index is 12.5. The van der Waals surface area contributed by atoms with E-state index in [-0.39, 0.29) is 35.7 Å². The Kier molecular flexibility index (Phi) is 6.64. The largest absolute Gasteiger partial charge is 0.299 e. The average Bonchev–Trinajstić information content (AvgIpc) is 2.58. The molecule has 1 aliphatic rings.